The minimum absolute atomic E-state index is 0.124. The number of benzene rings is 1. The normalized spacial score (nSPS) is 12.6. The molecule has 0 saturated carbocycles. The van der Waals surface area contributed by atoms with Crippen molar-refractivity contribution in [3.63, 3.8) is 0 Å². The van der Waals surface area contributed by atoms with Gasteiger partial charge in [-0.25, -0.2) is 0 Å². The van der Waals surface area contributed by atoms with Crippen LogP contribution in [0.1, 0.15) is 12.6 Å². The molecule has 0 aliphatic carbocycles. The molecule has 0 amide bonds. The van der Waals surface area contributed by atoms with Gasteiger partial charge in [-0.15, -0.1) is 0 Å². The van der Waals surface area contributed by atoms with Crippen molar-refractivity contribution in [2.45, 2.75) is 19.4 Å². The van der Waals surface area contributed by atoms with Crippen LogP contribution in [-0.2, 0) is 16.0 Å². The first-order chi connectivity index (χ1) is 7.69. The van der Waals surface area contributed by atoms with E-state index in [1.807, 2.05) is 31.2 Å². The number of fused-ring (bicyclic) bond motifs is 1. The van der Waals surface area contributed by atoms with Gasteiger partial charge in [0.1, 0.15) is 6.10 Å². The fourth-order valence-electron chi connectivity index (χ4n) is 1.72. The molecule has 1 unspecified atom stereocenters. The average molecular weight is 238 g/mol. The molecule has 2 rings (SSSR count). The first-order valence-corrected chi connectivity index (χ1v) is 5.43. The van der Waals surface area contributed by atoms with Crippen molar-refractivity contribution >= 4 is 29.0 Å². The van der Waals surface area contributed by atoms with Crippen LogP contribution in [0.5, 0.6) is 0 Å². The van der Waals surface area contributed by atoms with Gasteiger partial charge in [0.15, 0.2) is 0 Å². The second-order valence-corrected chi connectivity index (χ2v) is 4.21. The lowest BCUT2D eigenvalue weighted by Gasteiger charge is -2.06. The number of carbonyl (C=O) groups is 1. The minimum Gasteiger partial charge on any atom is -0.464 e. The lowest BCUT2D eigenvalue weighted by molar-refractivity contribution is -0.132. The highest BCUT2D eigenvalue weighted by atomic mass is 35.5. The molecule has 1 aromatic heterocycles. The van der Waals surface area contributed by atoms with E-state index in [0.717, 1.165) is 16.6 Å². The van der Waals surface area contributed by atoms with Crippen LogP contribution >= 0.6 is 11.6 Å². The van der Waals surface area contributed by atoms with Crippen LogP contribution in [0, 0.1) is 0 Å². The molecule has 0 aliphatic rings. The summed E-state index contributed by atoms with van der Waals surface area (Å²) in [6.07, 6.45) is 0.548. The summed E-state index contributed by atoms with van der Waals surface area (Å²) in [6.45, 7) is 2.33. The SMILES string of the molecule is CC(Cc1cc2ccc(Cl)cc2[nH]1)OC=O. The van der Waals surface area contributed by atoms with E-state index in [-0.39, 0.29) is 6.10 Å². The highest BCUT2D eigenvalue weighted by Gasteiger charge is 2.06. The Morgan fingerprint density at radius 2 is 2.31 bits per heavy atom. The van der Waals surface area contributed by atoms with Gasteiger partial charge >= 0.3 is 0 Å². The number of halogens is 1. The Hall–Kier alpha value is -1.48. The molecule has 84 valence electrons. The molecular weight excluding hydrogens is 226 g/mol. The van der Waals surface area contributed by atoms with Gasteiger partial charge in [-0.1, -0.05) is 17.7 Å². The lowest BCUT2D eigenvalue weighted by Crippen LogP contribution is -2.10. The highest BCUT2D eigenvalue weighted by molar-refractivity contribution is 6.31. The van der Waals surface area contributed by atoms with Crippen molar-refractivity contribution in [1.82, 2.24) is 4.98 Å². The van der Waals surface area contributed by atoms with E-state index in [1.165, 1.54) is 0 Å². The number of nitrogens with one attached hydrogen (secondary N) is 1. The van der Waals surface area contributed by atoms with Crippen LogP contribution in [0.3, 0.4) is 0 Å². The monoisotopic (exact) mass is 237 g/mol. The second-order valence-electron chi connectivity index (χ2n) is 3.77. The van der Waals surface area contributed by atoms with Gasteiger partial charge < -0.3 is 9.72 Å². The van der Waals surface area contributed by atoms with E-state index >= 15 is 0 Å². The van der Waals surface area contributed by atoms with Gasteiger partial charge in [-0.2, -0.15) is 0 Å². The third kappa shape index (κ3) is 2.36. The smallest absolute Gasteiger partial charge is 0.293 e. The van der Waals surface area contributed by atoms with E-state index in [2.05, 4.69) is 4.98 Å². The van der Waals surface area contributed by atoms with E-state index in [0.29, 0.717) is 17.9 Å². The van der Waals surface area contributed by atoms with Crippen LogP contribution in [-0.4, -0.2) is 17.6 Å². The molecule has 1 aromatic carbocycles. The minimum atomic E-state index is -0.124. The summed E-state index contributed by atoms with van der Waals surface area (Å²) in [5, 5.41) is 1.82. The highest BCUT2D eigenvalue weighted by Crippen LogP contribution is 2.20. The summed E-state index contributed by atoms with van der Waals surface area (Å²) < 4.78 is 4.84. The fourth-order valence-corrected chi connectivity index (χ4v) is 1.89. The first-order valence-electron chi connectivity index (χ1n) is 5.05. The molecule has 0 fully saturated rings. The molecule has 3 nitrogen and oxygen atoms in total. The maximum atomic E-state index is 10.2. The Bertz CT molecular complexity index is 507. The number of carbonyl (C=O) groups excluding carboxylic acids is 1. The maximum Gasteiger partial charge on any atom is 0.293 e. The maximum absolute atomic E-state index is 10.2. The van der Waals surface area contributed by atoms with Gasteiger partial charge in [0.25, 0.3) is 6.47 Å². The Kier molecular flexibility index (Phi) is 3.15. The molecule has 2 aromatic rings. The predicted molar refractivity (Wildman–Crippen MR) is 63.6 cm³/mol. The molecule has 1 heterocycles. The summed E-state index contributed by atoms with van der Waals surface area (Å²) in [7, 11) is 0. The van der Waals surface area contributed by atoms with Crippen molar-refractivity contribution < 1.29 is 9.53 Å². The average Bonchev–Trinajstić information content (AvgIpc) is 2.59. The fraction of sp³-hybridized carbons (Fsp3) is 0.250. The Morgan fingerprint density at radius 1 is 1.50 bits per heavy atom. The standard InChI is InChI=1S/C12H12ClNO2/c1-8(16-7-15)4-11-5-9-2-3-10(13)6-12(9)14-11/h2-3,5-8,14H,4H2,1H3. The van der Waals surface area contributed by atoms with Crippen LogP contribution < -0.4 is 0 Å². The largest absolute Gasteiger partial charge is 0.464 e. The van der Waals surface area contributed by atoms with Crippen molar-refractivity contribution in [3.05, 3.63) is 35.0 Å². The topological polar surface area (TPSA) is 42.1 Å². The molecule has 0 bridgehead atoms. The van der Waals surface area contributed by atoms with Gasteiger partial charge in [-0.05, 0) is 30.5 Å². The molecular formula is C12H12ClNO2. The second kappa shape index (κ2) is 4.58. The Balaban J connectivity index is 2.22. The van der Waals surface area contributed by atoms with Gasteiger partial charge in [-0.3, -0.25) is 4.79 Å². The number of hydrogen-bond acceptors (Lipinski definition) is 2. The summed E-state index contributed by atoms with van der Waals surface area (Å²) in [5.74, 6) is 0. The van der Waals surface area contributed by atoms with E-state index < -0.39 is 0 Å². The molecule has 1 atom stereocenters. The number of H-pyrrole nitrogens is 1. The number of rotatable bonds is 4. The third-order valence-electron chi connectivity index (χ3n) is 2.44. The van der Waals surface area contributed by atoms with E-state index in [4.69, 9.17) is 16.3 Å². The molecule has 0 aliphatic heterocycles. The molecule has 0 radical (unpaired) electrons. The first kappa shape index (κ1) is 11.0. The molecule has 16 heavy (non-hydrogen) atoms. The van der Waals surface area contributed by atoms with E-state index in [1.54, 1.807) is 0 Å². The number of hydrogen-bond donors (Lipinski definition) is 1. The number of aromatic amines is 1. The van der Waals surface area contributed by atoms with Crippen LogP contribution in [0.4, 0.5) is 0 Å². The van der Waals surface area contributed by atoms with Crippen molar-refractivity contribution in [2.24, 2.45) is 0 Å². The molecule has 4 heteroatoms. The third-order valence-corrected chi connectivity index (χ3v) is 2.67. The molecule has 0 saturated heterocycles. The van der Waals surface area contributed by atoms with Crippen LogP contribution in [0.15, 0.2) is 24.3 Å². The van der Waals surface area contributed by atoms with Crippen LogP contribution in [0.25, 0.3) is 10.9 Å². The molecule has 0 spiro atoms. The zero-order valence-corrected chi connectivity index (χ0v) is 9.62. The summed E-state index contributed by atoms with van der Waals surface area (Å²) >= 11 is 5.89. The number of ether oxygens (including phenoxy) is 1. The zero-order valence-electron chi connectivity index (χ0n) is 8.87. The van der Waals surface area contributed by atoms with Crippen molar-refractivity contribution in [1.29, 1.82) is 0 Å². The number of aromatic nitrogens is 1. The summed E-state index contributed by atoms with van der Waals surface area (Å²) in [4.78, 5) is 13.4. The van der Waals surface area contributed by atoms with Gasteiger partial charge in [0, 0.05) is 22.7 Å². The lowest BCUT2D eigenvalue weighted by atomic mass is 10.2. The van der Waals surface area contributed by atoms with E-state index in [9.17, 15) is 4.79 Å². The Labute approximate surface area is 98.4 Å². The predicted octanol–water partition coefficient (Wildman–Crippen LogP) is 2.93. The van der Waals surface area contributed by atoms with Gasteiger partial charge in [0.05, 0.1) is 0 Å². The molecule has 1 N–H and O–H groups in total. The quantitative estimate of drug-likeness (QED) is 0.831. The zero-order chi connectivity index (χ0) is 11.5. The van der Waals surface area contributed by atoms with Crippen molar-refractivity contribution in [3.8, 4) is 0 Å². The van der Waals surface area contributed by atoms with Crippen LogP contribution in [0.2, 0.25) is 5.02 Å². The summed E-state index contributed by atoms with van der Waals surface area (Å²) in [5.41, 5.74) is 2.03. The van der Waals surface area contributed by atoms with Gasteiger partial charge in [0.2, 0.25) is 0 Å². The summed E-state index contributed by atoms with van der Waals surface area (Å²) in [6, 6.07) is 7.73. The Morgan fingerprint density at radius 3 is 3.06 bits per heavy atom. The van der Waals surface area contributed by atoms with Crippen molar-refractivity contribution in [2.75, 3.05) is 0 Å².